The van der Waals surface area contributed by atoms with Crippen LogP contribution in [0, 0.1) is 0 Å². The summed E-state index contributed by atoms with van der Waals surface area (Å²) in [5, 5.41) is 0. The minimum absolute atomic E-state index is 0.102. The summed E-state index contributed by atoms with van der Waals surface area (Å²) in [7, 11) is -2.19. The Kier molecular flexibility index (Phi) is 7.04. The lowest BCUT2D eigenvalue weighted by Crippen LogP contribution is -2.47. The van der Waals surface area contributed by atoms with Crippen LogP contribution in [0.2, 0.25) is 0 Å². The molecule has 2 aliphatic rings. The van der Waals surface area contributed by atoms with Gasteiger partial charge in [-0.25, -0.2) is 8.42 Å². The molecule has 160 valence electrons. The molecule has 0 atom stereocenters. The summed E-state index contributed by atoms with van der Waals surface area (Å²) >= 11 is 3.30. The molecule has 0 radical (unpaired) electrons. The fourth-order valence-corrected chi connectivity index (χ4v) is 6.71. The molecule has 6 nitrogen and oxygen atoms in total. The largest absolute Gasteiger partial charge is 0.454 e. The highest BCUT2D eigenvalue weighted by atomic mass is 79.9. The van der Waals surface area contributed by atoms with Gasteiger partial charge < -0.3 is 9.64 Å². The van der Waals surface area contributed by atoms with E-state index >= 15 is 0 Å². The smallest absolute Gasteiger partial charge is 0.328 e. The van der Waals surface area contributed by atoms with E-state index in [0.29, 0.717) is 12.8 Å². The van der Waals surface area contributed by atoms with Crippen LogP contribution in [0.3, 0.4) is 0 Å². The van der Waals surface area contributed by atoms with E-state index in [1.807, 2.05) is 0 Å². The van der Waals surface area contributed by atoms with Gasteiger partial charge in [0, 0.05) is 17.6 Å². The van der Waals surface area contributed by atoms with Crippen molar-refractivity contribution in [1.29, 1.82) is 0 Å². The Bertz CT molecular complexity index is 840. The lowest BCUT2D eigenvalue weighted by molar-refractivity contribution is -0.154. The van der Waals surface area contributed by atoms with E-state index in [1.54, 1.807) is 24.1 Å². The van der Waals surface area contributed by atoms with E-state index < -0.39 is 27.2 Å². The number of esters is 1. The van der Waals surface area contributed by atoms with Crippen molar-refractivity contribution in [3.8, 4) is 0 Å². The van der Waals surface area contributed by atoms with Gasteiger partial charge in [-0.3, -0.25) is 9.59 Å². The summed E-state index contributed by atoms with van der Waals surface area (Å²) in [5.41, 5.74) is 0. The molecule has 2 fully saturated rings. The van der Waals surface area contributed by atoms with Gasteiger partial charge in [0.2, 0.25) is 0 Å². The Morgan fingerprint density at radius 1 is 1.07 bits per heavy atom. The van der Waals surface area contributed by atoms with E-state index in [0.717, 1.165) is 30.2 Å². The van der Waals surface area contributed by atoms with Gasteiger partial charge in [0.15, 0.2) is 21.2 Å². The van der Waals surface area contributed by atoms with E-state index in [4.69, 9.17) is 4.74 Å². The zero-order valence-electron chi connectivity index (χ0n) is 16.7. The van der Waals surface area contributed by atoms with Crippen LogP contribution in [-0.2, 0) is 24.2 Å². The number of hydrogen-bond acceptors (Lipinski definition) is 5. The van der Waals surface area contributed by atoms with Crippen LogP contribution >= 0.6 is 15.9 Å². The van der Waals surface area contributed by atoms with Gasteiger partial charge in [-0.2, -0.15) is 0 Å². The molecule has 2 saturated carbocycles. The van der Waals surface area contributed by atoms with Gasteiger partial charge in [-0.15, -0.1) is 0 Å². The maximum Gasteiger partial charge on any atom is 0.328 e. The molecule has 0 saturated heterocycles. The van der Waals surface area contributed by atoms with E-state index in [-0.39, 0.29) is 29.7 Å². The molecular weight excluding hydrogens is 458 g/mol. The normalized spacial score (nSPS) is 19.7. The third kappa shape index (κ3) is 4.53. The number of carbonyl (C=O) groups excluding carboxylic acids is 2. The molecule has 3 rings (SSSR count). The second-order valence-corrected chi connectivity index (χ2v) is 11.2. The molecule has 1 aromatic rings. The summed E-state index contributed by atoms with van der Waals surface area (Å²) < 4.78 is 31.1. The summed E-state index contributed by atoms with van der Waals surface area (Å²) in [4.78, 5) is 27.2. The fraction of sp³-hybridized carbons (Fsp3) is 0.619. The highest BCUT2D eigenvalue weighted by Gasteiger charge is 2.54. The summed E-state index contributed by atoms with van der Waals surface area (Å²) in [6, 6.07) is 6.44. The van der Waals surface area contributed by atoms with Crippen molar-refractivity contribution in [3.05, 3.63) is 28.7 Å². The third-order valence-corrected chi connectivity index (χ3v) is 9.29. The van der Waals surface area contributed by atoms with Crippen molar-refractivity contribution in [1.82, 2.24) is 4.90 Å². The first kappa shape index (κ1) is 22.3. The SMILES string of the molecule is CN(C(=O)COC(=O)C1(S(=O)(=O)c2ccc(Br)cc2)CCCC1)C1CCCCC1. The third-order valence-electron chi connectivity index (χ3n) is 6.26. The Labute approximate surface area is 181 Å². The van der Waals surface area contributed by atoms with Gasteiger partial charge in [0.05, 0.1) is 4.90 Å². The highest BCUT2D eigenvalue weighted by molar-refractivity contribution is 9.10. The van der Waals surface area contributed by atoms with Crippen molar-refractivity contribution in [2.24, 2.45) is 0 Å². The van der Waals surface area contributed by atoms with E-state index in [2.05, 4.69) is 15.9 Å². The fourth-order valence-electron chi connectivity index (χ4n) is 4.40. The Morgan fingerprint density at radius 2 is 1.66 bits per heavy atom. The molecule has 0 bridgehead atoms. The van der Waals surface area contributed by atoms with Crippen molar-refractivity contribution in [3.63, 3.8) is 0 Å². The number of halogens is 1. The second kappa shape index (κ2) is 9.16. The lowest BCUT2D eigenvalue weighted by atomic mass is 9.94. The molecule has 1 amide bonds. The average Bonchev–Trinajstić information content (AvgIpc) is 3.24. The number of carbonyl (C=O) groups is 2. The monoisotopic (exact) mass is 485 g/mol. The summed E-state index contributed by atoms with van der Waals surface area (Å²) in [6.07, 6.45) is 7.00. The van der Waals surface area contributed by atoms with Crippen molar-refractivity contribution >= 4 is 37.6 Å². The first-order chi connectivity index (χ1) is 13.8. The van der Waals surface area contributed by atoms with Crippen LogP contribution in [-0.4, -0.2) is 49.6 Å². The van der Waals surface area contributed by atoms with Crippen LogP contribution in [0.5, 0.6) is 0 Å². The number of amides is 1. The maximum atomic E-state index is 13.3. The van der Waals surface area contributed by atoms with Crippen molar-refractivity contribution < 1.29 is 22.7 Å². The molecule has 2 aliphatic carbocycles. The zero-order chi connectivity index (χ0) is 21.1. The quantitative estimate of drug-likeness (QED) is 0.571. The summed E-state index contributed by atoms with van der Waals surface area (Å²) in [5.74, 6) is -1.08. The molecule has 8 heteroatoms. The first-order valence-electron chi connectivity index (χ1n) is 10.2. The lowest BCUT2D eigenvalue weighted by Gasteiger charge is -2.31. The number of sulfone groups is 1. The molecular formula is C21H28BrNO5S. The second-order valence-electron chi connectivity index (χ2n) is 8.03. The molecule has 0 unspecified atom stereocenters. The number of likely N-dealkylation sites (N-methyl/N-ethyl adjacent to an activating group) is 1. The Hall–Kier alpha value is -1.41. The number of benzene rings is 1. The number of rotatable bonds is 6. The van der Waals surface area contributed by atoms with Crippen molar-refractivity contribution in [2.45, 2.75) is 73.5 Å². The topological polar surface area (TPSA) is 80.8 Å². The van der Waals surface area contributed by atoms with Gasteiger partial charge in [-0.1, -0.05) is 48.0 Å². The molecule has 29 heavy (non-hydrogen) atoms. The van der Waals surface area contributed by atoms with E-state index in [9.17, 15) is 18.0 Å². The Balaban J connectivity index is 1.72. The molecule has 1 aromatic carbocycles. The van der Waals surface area contributed by atoms with Crippen molar-refractivity contribution in [2.75, 3.05) is 13.7 Å². The predicted molar refractivity (Wildman–Crippen MR) is 113 cm³/mol. The van der Waals surface area contributed by atoms with Gasteiger partial charge in [0.1, 0.15) is 0 Å². The molecule has 0 heterocycles. The van der Waals surface area contributed by atoms with E-state index in [1.165, 1.54) is 18.6 Å². The predicted octanol–water partition coefficient (Wildman–Crippen LogP) is 3.87. The summed E-state index contributed by atoms with van der Waals surface area (Å²) in [6.45, 7) is -0.413. The minimum Gasteiger partial charge on any atom is -0.454 e. The number of ether oxygens (including phenoxy) is 1. The standard InChI is InChI=1S/C21H28BrNO5S/c1-23(17-7-3-2-4-8-17)19(24)15-28-20(25)21(13-5-6-14-21)29(26,27)18-11-9-16(22)10-12-18/h9-12,17H,2-8,13-15H2,1H3. The zero-order valence-corrected chi connectivity index (χ0v) is 19.1. The number of nitrogens with zero attached hydrogens (tertiary/aromatic N) is 1. The molecule has 0 aliphatic heterocycles. The first-order valence-corrected chi connectivity index (χ1v) is 12.5. The molecule has 0 spiro atoms. The van der Waals surface area contributed by atoms with Crippen LogP contribution in [0.1, 0.15) is 57.8 Å². The van der Waals surface area contributed by atoms with Gasteiger partial charge >= 0.3 is 5.97 Å². The van der Waals surface area contributed by atoms with Crippen LogP contribution < -0.4 is 0 Å². The highest BCUT2D eigenvalue weighted by Crippen LogP contribution is 2.41. The molecule has 0 aromatic heterocycles. The Morgan fingerprint density at radius 3 is 2.24 bits per heavy atom. The van der Waals surface area contributed by atoms with Crippen LogP contribution in [0.25, 0.3) is 0 Å². The van der Waals surface area contributed by atoms with Gasteiger partial charge in [0.25, 0.3) is 5.91 Å². The van der Waals surface area contributed by atoms with Gasteiger partial charge in [-0.05, 0) is 49.9 Å². The number of hydrogen-bond donors (Lipinski definition) is 0. The average molecular weight is 486 g/mol. The minimum atomic E-state index is -3.93. The molecule has 0 N–H and O–H groups in total. The van der Waals surface area contributed by atoms with Crippen LogP contribution in [0.15, 0.2) is 33.6 Å². The van der Waals surface area contributed by atoms with Crippen LogP contribution in [0.4, 0.5) is 0 Å². The maximum absolute atomic E-state index is 13.3.